The molecule has 1 amide bonds. The molecule has 0 saturated carbocycles. The molecule has 0 spiro atoms. The van der Waals surface area contributed by atoms with Crippen molar-refractivity contribution in [1.29, 1.82) is 5.26 Å². The molecule has 0 aromatic heterocycles. The van der Waals surface area contributed by atoms with Crippen LogP contribution in [0.2, 0.25) is 0 Å². The highest BCUT2D eigenvalue weighted by molar-refractivity contribution is 6.04. The number of rotatable bonds is 3. The first kappa shape index (κ1) is 12.7. The normalized spacial score (nSPS) is 11.1. The highest BCUT2D eigenvalue weighted by atomic mass is 16.5. The Labute approximate surface area is 110 Å². The van der Waals surface area contributed by atoms with Crippen molar-refractivity contribution in [3.63, 3.8) is 0 Å². The number of nitrogens with two attached hydrogens (primary N) is 1. The molecule has 94 valence electrons. The van der Waals surface area contributed by atoms with Gasteiger partial charge in [-0.3, -0.25) is 4.79 Å². The molecule has 0 heterocycles. The minimum absolute atomic E-state index is 0.102. The van der Waals surface area contributed by atoms with Gasteiger partial charge in [-0.2, -0.15) is 5.26 Å². The summed E-state index contributed by atoms with van der Waals surface area (Å²) >= 11 is 0. The molecule has 2 aromatic rings. The highest BCUT2D eigenvalue weighted by Crippen LogP contribution is 2.29. The van der Waals surface area contributed by atoms with E-state index in [4.69, 9.17) is 15.7 Å². The summed E-state index contributed by atoms with van der Waals surface area (Å²) in [5.41, 5.74) is 5.73. The van der Waals surface area contributed by atoms with E-state index < -0.39 is 5.91 Å². The molecule has 2 aromatic carbocycles. The van der Waals surface area contributed by atoms with E-state index in [1.54, 1.807) is 12.1 Å². The second-order valence-corrected chi connectivity index (χ2v) is 3.94. The average molecular weight is 252 g/mol. The van der Waals surface area contributed by atoms with Crippen LogP contribution in [0.3, 0.4) is 0 Å². The summed E-state index contributed by atoms with van der Waals surface area (Å²) in [6, 6.07) is 13.2. The van der Waals surface area contributed by atoms with Crippen LogP contribution in [0.5, 0.6) is 5.75 Å². The van der Waals surface area contributed by atoms with Gasteiger partial charge in [0.05, 0.1) is 7.11 Å². The van der Waals surface area contributed by atoms with Gasteiger partial charge in [-0.05, 0) is 22.9 Å². The Hall–Kier alpha value is -2.80. The molecular formula is C15H12N2O2. The molecule has 0 atom stereocenters. The molecule has 0 bridgehead atoms. The predicted octanol–water partition coefficient (Wildman–Crippen LogP) is 2.24. The lowest BCUT2D eigenvalue weighted by molar-refractivity contribution is -0.114. The smallest absolute Gasteiger partial charge is 0.259 e. The van der Waals surface area contributed by atoms with Crippen LogP contribution in [0.15, 0.2) is 42.0 Å². The van der Waals surface area contributed by atoms with Gasteiger partial charge in [0.15, 0.2) is 0 Å². The summed E-state index contributed by atoms with van der Waals surface area (Å²) in [5, 5.41) is 10.8. The quantitative estimate of drug-likeness (QED) is 0.672. The van der Waals surface area contributed by atoms with Crippen LogP contribution in [0.4, 0.5) is 0 Å². The third kappa shape index (κ3) is 2.40. The van der Waals surface area contributed by atoms with Crippen LogP contribution in [-0.4, -0.2) is 13.0 Å². The lowest BCUT2D eigenvalue weighted by Gasteiger charge is -2.09. The number of carbonyl (C=O) groups is 1. The first-order valence-corrected chi connectivity index (χ1v) is 5.64. The number of methoxy groups -OCH3 is 1. The van der Waals surface area contributed by atoms with Crippen molar-refractivity contribution in [2.45, 2.75) is 0 Å². The van der Waals surface area contributed by atoms with Crippen molar-refractivity contribution in [1.82, 2.24) is 0 Å². The Morgan fingerprint density at radius 2 is 2.05 bits per heavy atom. The molecule has 19 heavy (non-hydrogen) atoms. The first-order chi connectivity index (χ1) is 9.17. The predicted molar refractivity (Wildman–Crippen MR) is 73.3 cm³/mol. The number of hydrogen-bond acceptors (Lipinski definition) is 3. The van der Waals surface area contributed by atoms with Crippen LogP contribution < -0.4 is 10.5 Å². The fraction of sp³-hybridized carbons (Fsp3) is 0.0667. The maximum absolute atomic E-state index is 11.2. The summed E-state index contributed by atoms with van der Waals surface area (Å²) in [6.45, 7) is 0. The SMILES string of the molecule is COc1ccc2ccccc2c1/C=C(/C#N)C(N)=O. The van der Waals surface area contributed by atoms with Gasteiger partial charge in [0, 0.05) is 5.56 Å². The standard InChI is InChI=1S/C15H12N2O2/c1-19-14-7-6-10-4-2-3-5-12(10)13(14)8-11(9-16)15(17)18/h2-8H,1H3,(H2,17,18)/b11-8-. The van der Waals surface area contributed by atoms with Gasteiger partial charge in [-0.25, -0.2) is 0 Å². The number of carbonyl (C=O) groups excluding carboxylic acids is 1. The maximum Gasteiger partial charge on any atom is 0.259 e. The summed E-state index contributed by atoms with van der Waals surface area (Å²) in [7, 11) is 1.54. The maximum atomic E-state index is 11.2. The van der Waals surface area contributed by atoms with Crippen LogP contribution >= 0.6 is 0 Å². The molecule has 0 saturated heterocycles. The van der Waals surface area contributed by atoms with E-state index >= 15 is 0 Å². The van der Waals surface area contributed by atoms with Gasteiger partial charge < -0.3 is 10.5 Å². The molecule has 2 rings (SSSR count). The van der Waals surface area contributed by atoms with Crippen molar-refractivity contribution >= 4 is 22.8 Å². The Morgan fingerprint density at radius 1 is 1.32 bits per heavy atom. The average Bonchev–Trinajstić information content (AvgIpc) is 2.44. The molecule has 0 unspecified atom stereocenters. The van der Waals surface area contributed by atoms with Gasteiger partial charge in [0.2, 0.25) is 0 Å². The van der Waals surface area contributed by atoms with Crippen LogP contribution in [0, 0.1) is 11.3 Å². The second-order valence-electron chi connectivity index (χ2n) is 3.94. The third-order valence-corrected chi connectivity index (χ3v) is 2.83. The number of amides is 1. The minimum atomic E-state index is -0.752. The molecule has 0 aliphatic carbocycles. The molecule has 0 aliphatic heterocycles. The molecule has 0 aliphatic rings. The molecule has 0 radical (unpaired) electrons. The number of nitrogens with zero attached hydrogens (tertiary/aromatic N) is 1. The topological polar surface area (TPSA) is 76.1 Å². The molecule has 2 N–H and O–H groups in total. The Kier molecular flexibility index (Phi) is 3.48. The zero-order valence-electron chi connectivity index (χ0n) is 10.4. The summed E-state index contributed by atoms with van der Waals surface area (Å²) in [5.74, 6) is -0.162. The summed E-state index contributed by atoms with van der Waals surface area (Å²) in [4.78, 5) is 11.2. The number of benzene rings is 2. The fourth-order valence-corrected chi connectivity index (χ4v) is 1.91. The summed E-state index contributed by atoms with van der Waals surface area (Å²) in [6.07, 6.45) is 1.46. The largest absolute Gasteiger partial charge is 0.496 e. The van der Waals surface area contributed by atoms with Gasteiger partial charge in [0.1, 0.15) is 17.4 Å². The van der Waals surface area contributed by atoms with Crippen molar-refractivity contribution in [3.05, 3.63) is 47.5 Å². The molecule has 4 heteroatoms. The Bertz CT molecular complexity index is 712. The van der Waals surface area contributed by atoms with Crippen molar-refractivity contribution in [2.75, 3.05) is 7.11 Å². The van der Waals surface area contributed by atoms with Gasteiger partial charge in [-0.1, -0.05) is 30.3 Å². The van der Waals surface area contributed by atoms with Crippen LogP contribution in [0.25, 0.3) is 16.8 Å². The Balaban J connectivity index is 2.77. The van der Waals surface area contributed by atoms with E-state index in [1.165, 1.54) is 13.2 Å². The van der Waals surface area contributed by atoms with Crippen molar-refractivity contribution in [2.24, 2.45) is 5.73 Å². The van der Waals surface area contributed by atoms with Gasteiger partial charge >= 0.3 is 0 Å². The lowest BCUT2D eigenvalue weighted by atomic mass is 10.0. The molecular weight excluding hydrogens is 240 g/mol. The van der Waals surface area contributed by atoms with E-state index in [-0.39, 0.29) is 5.57 Å². The Morgan fingerprint density at radius 3 is 2.68 bits per heavy atom. The van der Waals surface area contributed by atoms with Crippen LogP contribution in [0.1, 0.15) is 5.56 Å². The first-order valence-electron chi connectivity index (χ1n) is 5.64. The number of ether oxygens (including phenoxy) is 1. The van der Waals surface area contributed by atoms with Crippen LogP contribution in [-0.2, 0) is 4.79 Å². The fourth-order valence-electron chi connectivity index (χ4n) is 1.91. The molecule has 0 fully saturated rings. The monoisotopic (exact) mass is 252 g/mol. The molecule has 4 nitrogen and oxygen atoms in total. The van der Waals surface area contributed by atoms with E-state index in [0.29, 0.717) is 11.3 Å². The lowest BCUT2D eigenvalue weighted by Crippen LogP contribution is -2.12. The van der Waals surface area contributed by atoms with E-state index in [0.717, 1.165) is 10.8 Å². The minimum Gasteiger partial charge on any atom is -0.496 e. The van der Waals surface area contributed by atoms with Crippen molar-refractivity contribution in [3.8, 4) is 11.8 Å². The van der Waals surface area contributed by atoms with E-state index in [9.17, 15) is 4.79 Å². The van der Waals surface area contributed by atoms with Crippen molar-refractivity contribution < 1.29 is 9.53 Å². The zero-order valence-corrected chi connectivity index (χ0v) is 10.4. The van der Waals surface area contributed by atoms with E-state index in [2.05, 4.69) is 0 Å². The highest BCUT2D eigenvalue weighted by Gasteiger charge is 2.10. The van der Waals surface area contributed by atoms with E-state index in [1.807, 2.05) is 30.3 Å². The number of nitriles is 1. The zero-order chi connectivity index (χ0) is 13.8. The van der Waals surface area contributed by atoms with Gasteiger partial charge in [0.25, 0.3) is 5.91 Å². The number of primary amides is 1. The third-order valence-electron chi connectivity index (χ3n) is 2.83. The summed E-state index contributed by atoms with van der Waals surface area (Å²) < 4.78 is 5.27. The second kappa shape index (κ2) is 5.23. The number of fused-ring (bicyclic) bond motifs is 1. The number of hydrogen-bond donors (Lipinski definition) is 1. The van der Waals surface area contributed by atoms with Gasteiger partial charge in [-0.15, -0.1) is 0 Å².